The molecule has 1 aromatic carbocycles. The molecule has 2 aliphatic rings. The third-order valence-electron chi connectivity index (χ3n) is 5.99. The van der Waals surface area contributed by atoms with E-state index in [4.69, 9.17) is 9.47 Å². The summed E-state index contributed by atoms with van der Waals surface area (Å²) in [4.78, 5) is 36.0. The largest absolute Gasteiger partial charge is 0.486 e. The maximum absolute atomic E-state index is 13.1. The summed E-state index contributed by atoms with van der Waals surface area (Å²) in [5.41, 5.74) is 1.91. The van der Waals surface area contributed by atoms with E-state index >= 15 is 0 Å². The number of nitrogens with zero attached hydrogens (tertiary/aromatic N) is 4. The van der Waals surface area contributed by atoms with Crippen molar-refractivity contribution in [3.05, 3.63) is 71.0 Å². The zero-order valence-corrected chi connectivity index (χ0v) is 17.6. The molecule has 0 atom stereocenters. The van der Waals surface area contributed by atoms with Crippen molar-refractivity contribution in [1.29, 1.82) is 0 Å². The van der Waals surface area contributed by atoms with Crippen LogP contribution in [0, 0.1) is 5.92 Å². The normalized spacial score (nSPS) is 16.1. The minimum absolute atomic E-state index is 0.0366. The number of rotatable bonds is 4. The van der Waals surface area contributed by atoms with Gasteiger partial charge in [-0.05, 0) is 43.0 Å². The van der Waals surface area contributed by atoms with Crippen molar-refractivity contribution >= 4 is 5.91 Å². The van der Waals surface area contributed by atoms with E-state index in [1.807, 2.05) is 29.2 Å². The Morgan fingerprint density at radius 1 is 1.09 bits per heavy atom. The molecule has 0 bridgehead atoms. The average Bonchev–Trinajstić information content (AvgIpc) is 2.85. The number of likely N-dealkylation sites (tertiary alicyclic amines) is 1. The summed E-state index contributed by atoms with van der Waals surface area (Å²) in [5, 5.41) is 0. The van der Waals surface area contributed by atoms with Crippen LogP contribution in [0.5, 0.6) is 11.5 Å². The Kier molecular flexibility index (Phi) is 5.58. The number of aromatic nitrogens is 3. The van der Waals surface area contributed by atoms with E-state index in [9.17, 15) is 9.59 Å². The van der Waals surface area contributed by atoms with Crippen molar-refractivity contribution in [2.75, 3.05) is 26.3 Å². The van der Waals surface area contributed by atoms with Gasteiger partial charge in [-0.25, -0.2) is 4.98 Å². The van der Waals surface area contributed by atoms with Gasteiger partial charge < -0.3 is 14.4 Å². The van der Waals surface area contributed by atoms with Crippen molar-refractivity contribution in [3.8, 4) is 22.8 Å². The molecule has 0 aliphatic carbocycles. The van der Waals surface area contributed by atoms with Gasteiger partial charge >= 0.3 is 0 Å². The number of carbonyl (C=O) groups excluding carboxylic acids is 1. The Labute approximate surface area is 185 Å². The van der Waals surface area contributed by atoms with Crippen molar-refractivity contribution in [2.24, 2.45) is 5.92 Å². The molecule has 4 heterocycles. The van der Waals surface area contributed by atoms with E-state index in [2.05, 4.69) is 9.97 Å². The van der Waals surface area contributed by atoms with E-state index in [-0.39, 0.29) is 11.5 Å². The zero-order chi connectivity index (χ0) is 21.9. The topological polar surface area (TPSA) is 86.6 Å². The van der Waals surface area contributed by atoms with E-state index in [0.29, 0.717) is 61.5 Å². The smallest absolute Gasteiger partial charge is 0.257 e. The molecular weight excluding hydrogens is 408 g/mol. The third kappa shape index (κ3) is 4.08. The van der Waals surface area contributed by atoms with Crippen LogP contribution < -0.4 is 15.0 Å². The molecule has 8 heteroatoms. The molecule has 32 heavy (non-hydrogen) atoms. The number of piperidine rings is 1. The van der Waals surface area contributed by atoms with Gasteiger partial charge in [-0.2, -0.15) is 0 Å². The maximum Gasteiger partial charge on any atom is 0.257 e. The molecule has 0 radical (unpaired) electrons. The first-order valence-corrected chi connectivity index (χ1v) is 10.8. The molecule has 1 saturated heterocycles. The predicted octanol–water partition coefficient (Wildman–Crippen LogP) is 2.63. The monoisotopic (exact) mass is 432 g/mol. The highest BCUT2D eigenvalue weighted by Gasteiger charge is 2.28. The van der Waals surface area contributed by atoms with Crippen LogP contribution in [0.4, 0.5) is 0 Å². The van der Waals surface area contributed by atoms with E-state index < -0.39 is 0 Å². The number of benzene rings is 1. The molecule has 2 aromatic heterocycles. The van der Waals surface area contributed by atoms with Crippen molar-refractivity contribution < 1.29 is 14.3 Å². The minimum Gasteiger partial charge on any atom is -0.486 e. The first-order valence-electron chi connectivity index (χ1n) is 10.8. The number of pyridine rings is 1. The zero-order valence-electron chi connectivity index (χ0n) is 17.6. The van der Waals surface area contributed by atoms with Crippen LogP contribution >= 0.6 is 0 Å². The van der Waals surface area contributed by atoms with Gasteiger partial charge in [0.25, 0.3) is 11.5 Å². The first-order chi connectivity index (χ1) is 15.7. The lowest BCUT2D eigenvalue weighted by Gasteiger charge is -2.33. The summed E-state index contributed by atoms with van der Waals surface area (Å²) in [6, 6.07) is 10.7. The fraction of sp³-hybridized carbons (Fsp3) is 0.333. The van der Waals surface area contributed by atoms with Gasteiger partial charge in [0.1, 0.15) is 13.2 Å². The predicted molar refractivity (Wildman–Crippen MR) is 118 cm³/mol. The lowest BCUT2D eigenvalue weighted by molar-refractivity contribution is 0.0672. The lowest BCUT2D eigenvalue weighted by atomic mass is 9.96. The summed E-state index contributed by atoms with van der Waals surface area (Å²) in [7, 11) is 0. The number of fused-ring (bicyclic) bond motifs is 1. The Morgan fingerprint density at radius 2 is 1.94 bits per heavy atom. The fourth-order valence-electron chi connectivity index (χ4n) is 4.24. The lowest BCUT2D eigenvalue weighted by Crippen LogP contribution is -2.40. The first kappa shape index (κ1) is 20.2. The van der Waals surface area contributed by atoms with Gasteiger partial charge in [-0.3, -0.25) is 19.1 Å². The van der Waals surface area contributed by atoms with E-state index in [0.717, 1.165) is 18.4 Å². The summed E-state index contributed by atoms with van der Waals surface area (Å²) >= 11 is 0. The quantitative estimate of drug-likeness (QED) is 0.630. The van der Waals surface area contributed by atoms with Gasteiger partial charge in [0.15, 0.2) is 11.5 Å². The molecular formula is C24H24N4O4. The third-order valence-corrected chi connectivity index (χ3v) is 5.99. The number of carbonyl (C=O) groups is 1. The standard InChI is InChI=1S/C24H24N4O4/c29-22-13-20(18-3-2-8-25-14-18)26-16-28(22)15-17-6-9-27(10-7-17)24(30)19-4-1-5-21-23(19)32-12-11-31-21/h1-5,8,13-14,16-17H,6-7,9-12,15H2. The molecule has 164 valence electrons. The molecule has 0 saturated carbocycles. The summed E-state index contributed by atoms with van der Waals surface area (Å²) < 4.78 is 12.9. The number of amides is 1. The van der Waals surface area contributed by atoms with Crippen molar-refractivity contribution in [3.63, 3.8) is 0 Å². The van der Waals surface area contributed by atoms with Crippen LogP contribution in [0.15, 0.2) is 59.9 Å². The van der Waals surface area contributed by atoms with Gasteiger partial charge in [0.2, 0.25) is 0 Å². The molecule has 1 amide bonds. The molecule has 0 spiro atoms. The van der Waals surface area contributed by atoms with Crippen molar-refractivity contribution in [1.82, 2.24) is 19.4 Å². The van der Waals surface area contributed by atoms with E-state index in [1.54, 1.807) is 35.4 Å². The molecule has 0 unspecified atom stereocenters. The van der Waals surface area contributed by atoms with Crippen LogP contribution in [-0.4, -0.2) is 51.6 Å². The van der Waals surface area contributed by atoms with Crippen LogP contribution in [0.3, 0.4) is 0 Å². The highest BCUT2D eigenvalue weighted by Crippen LogP contribution is 2.35. The summed E-state index contributed by atoms with van der Waals surface area (Å²) in [5.74, 6) is 1.44. The molecule has 3 aromatic rings. The van der Waals surface area contributed by atoms with Gasteiger partial charge in [-0.15, -0.1) is 0 Å². The van der Waals surface area contributed by atoms with E-state index in [1.165, 1.54) is 0 Å². The van der Waals surface area contributed by atoms with Crippen molar-refractivity contribution in [2.45, 2.75) is 19.4 Å². The molecule has 8 nitrogen and oxygen atoms in total. The fourth-order valence-corrected chi connectivity index (χ4v) is 4.24. The Hall–Kier alpha value is -3.68. The number of ether oxygens (including phenoxy) is 2. The van der Waals surface area contributed by atoms with Crippen LogP contribution in [0.2, 0.25) is 0 Å². The second-order valence-corrected chi connectivity index (χ2v) is 8.07. The Morgan fingerprint density at radius 3 is 2.72 bits per heavy atom. The SMILES string of the molecule is O=C(c1cccc2c1OCCO2)N1CCC(Cn2cnc(-c3cccnc3)cc2=O)CC1. The van der Waals surface area contributed by atoms with Gasteiger partial charge in [0.05, 0.1) is 17.6 Å². The Balaban J connectivity index is 1.22. The summed E-state index contributed by atoms with van der Waals surface area (Å²) in [6.07, 6.45) is 6.65. The van der Waals surface area contributed by atoms with Crippen LogP contribution in [-0.2, 0) is 6.54 Å². The van der Waals surface area contributed by atoms with Gasteiger partial charge in [-0.1, -0.05) is 6.07 Å². The van der Waals surface area contributed by atoms with Crippen LogP contribution in [0.25, 0.3) is 11.3 Å². The second-order valence-electron chi connectivity index (χ2n) is 8.07. The molecule has 1 fully saturated rings. The minimum atomic E-state index is -0.0783. The number of para-hydroxylation sites is 1. The number of hydrogen-bond acceptors (Lipinski definition) is 6. The second kappa shape index (κ2) is 8.82. The Bertz CT molecular complexity index is 1170. The summed E-state index contributed by atoms with van der Waals surface area (Å²) in [6.45, 7) is 2.82. The highest BCUT2D eigenvalue weighted by molar-refractivity contribution is 5.98. The molecule has 5 rings (SSSR count). The van der Waals surface area contributed by atoms with Gasteiger partial charge in [0, 0.05) is 43.7 Å². The molecule has 0 N–H and O–H groups in total. The highest BCUT2D eigenvalue weighted by atomic mass is 16.6. The molecule has 2 aliphatic heterocycles. The maximum atomic E-state index is 13.1. The number of hydrogen-bond donors (Lipinski definition) is 0. The average molecular weight is 432 g/mol. The van der Waals surface area contributed by atoms with Crippen LogP contribution in [0.1, 0.15) is 23.2 Å².